The molecule has 0 saturated carbocycles. The van der Waals surface area contributed by atoms with Crippen molar-refractivity contribution in [2.24, 2.45) is 11.7 Å². The highest BCUT2D eigenvalue weighted by atomic mass is 19.4. The fourth-order valence-corrected chi connectivity index (χ4v) is 1.53. The van der Waals surface area contributed by atoms with Gasteiger partial charge >= 0.3 is 6.18 Å². The Morgan fingerprint density at radius 1 is 1.40 bits per heavy atom. The van der Waals surface area contributed by atoms with Crippen LogP contribution in [0.5, 0.6) is 0 Å². The lowest BCUT2D eigenvalue weighted by molar-refractivity contribution is -0.137. The Labute approximate surface area is 114 Å². The number of halogens is 4. The summed E-state index contributed by atoms with van der Waals surface area (Å²) in [5, 5.41) is 2.10. The van der Waals surface area contributed by atoms with Gasteiger partial charge in [0, 0.05) is 0 Å². The van der Waals surface area contributed by atoms with Crippen molar-refractivity contribution < 1.29 is 22.4 Å². The SMILES string of the molecule is CCC(C)C(N)C(=O)Nc1cc(C(F)(F)F)ccc1F. The molecule has 0 saturated heterocycles. The number of hydrogen-bond acceptors (Lipinski definition) is 2. The van der Waals surface area contributed by atoms with Gasteiger partial charge in [0.25, 0.3) is 0 Å². The van der Waals surface area contributed by atoms with Crippen molar-refractivity contribution >= 4 is 11.6 Å². The van der Waals surface area contributed by atoms with E-state index in [0.717, 1.165) is 0 Å². The highest BCUT2D eigenvalue weighted by molar-refractivity contribution is 5.95. The second-order valence-corrected chi connectivity index (χ2v) is 4.59. The van der Waals surface area contributed by atoms with Crippen LogP contribution in [0, 0.1) is 11.7 Å². The molecule has 0 fully saturated rings. The first-order chi connectivity index (χ1) is 9.16. The van der Waals surface area contributed by atoms with Crippen LogP contribution in [0.1, 0.15) is 25.8 Å². The van der Waals surface area contributed by atoms with Crippen LogP contribution in [0.2, 0.25) is 0 Å². The number of rotatable bonds is 4. The first kappa shape index (κ1) is 16.4. The number of anilines is 1. The van der Waals surface area contributed by atoms with Gasteiger partial charge in [-0.15, -0.1) is 0 Å². The van der Waals surface area contributed by atoms with Crippen LogP contribution in [0.3, 0.4) is 0 Å². The molecule has 1 aromatic rings. The summed E-state index contributed by atoms with van der Waals surface area (Å²) in [6.07, 6.45) is -3.98. The van der Waals surface area contributed by atoms with Gasteiger partial charge in [0.2, 0.25) is 5.91 Å². The summed E-state index contributed by atoms with van der Waals surface area (Å²) in [7, 11) is 0. The van der Waals surface area contributed by atoms with E-state index in [2.05, 4.69) is 5.32 Å². The molecule has 3 N–H and O–H groups in total. The Morgan fingerprint density at radius 2 is 2.00 bits per heavy atom. The molecule has 0 aliphatic carbocycles. The zero-order chi connectivity index (χ0) is 15.5. The average molecular weight is 292 g/mol. The van der Waals surface area contributed by atoms with E-state index in [1.54, 1.807) is 6.92 Å². The van der Waals surface area contributed by atoms with E-state index in [9.17, 15) is 22.4 Å². The third kappa shape index (κ3) is 3.93. The number of hydrogen-bond donors (Lipinski definition) is 2. The lowest BCUT2D eigenvalue weighted by Gasteiger charge is -2.18. The maximum absolute atomic E-state index is 13.4. The second kappa shape index (κ2) is 6.21. The quantitative estimate of drug-likeness (QED) is 0.838. The minimum Gasteiger partial charge on any atom is -0.322 e. The Morgan fingerprint density at radius 3 is 2.50 bits per heavy atom. The first-order valence-electron chi connectivity index (χ1n) is 6.10. The molecule has 2 atom stereocenters. The van der Waals surface area contributed by atoms with Crippen LogP contribution in [-0.4, -0.2) is 11.9 Å². The van der Waals surface area contributed by atoms with Crippen molar-refractivity contribution in [1.82, 2.24) is 0 Å². The van der Waals surface area contributed by atoms with Gasteiger partial charge in [0.15, 0.2) is 0 Å². The monoisotopic (exact) mass is 292 g/mol. The average Bonchev–Trinajstić information content (AvgIpc) is 2.38. The summed E-state index contributed by atoms with van der Waals surface area (Å²) in [4.78, 5) is 11.7. The molecule has 0 aromatic heterocycles. The predicted octanol–water partition coefficient (Wildman–Crippen LogP) is 3.16. The Kier molecular flexibility index (Phi) is 5.10. The first-order valence-corrected chi connectivity index (χ1v) is 6.10. The maximum atomic E-state index is 13.4. The van der Waals surface area contributed by atoms with Crippen molar-refractivity contribution in [3.63, 3.8) is 0 Å². The zero-order valence-corrected chi connectivity index (χ0v) is 11.1. The predicted molar refractivity (Wildman–Crippen MR) is 67.5 cm³/mol. The van der Waals surface area contributed by atoms with Gasteiger partial charge in [-0.1, -0.05) is 20.3 Å². The molecule has 112 valence electrons. The minimum absolute atomic E-state index is 0.163. The van der Waals surface area contributed by atoms with Crippen molar-refractivity contribution in [3.05, 3.63) is 29.6 Å². The summed E-state index contributed by atoms with van der Waals surface area (Å²) in [5.41, 5.74) is 4.08. The van der Waals surface area contributed by atoms with Crippen LogP contribution in [0.15, 0.2) is 18.2 Å². The summed E-state index contributed by atoms with van der Waals surface area (Å²) in [6, 6.07) is 0.914. The fraction of sp³-hybridized carbons (Fsp3) is 0.462. The zero-order valence-electron chi connectivity index (χ0n) is 11.1. The molecule has 0 aliphatic rings. The molecule has 3 nitrogen and oxygen atoms in total. The van der Waals surface area contributed by atoms with Crippen LogP contribution in [-0.2, 0) is 11.0 Å². The van der Waals surface area contributed by atoms with Crippen molar-refractivity contribution in [2.45, 2.75) is 32.5 Å². The lowest BCUT2D eigenvalue weighted by Crippen LogP contribution is -2.40. The molecule has 1 rings (SSSR count). The molecule has 2 unspecified atom stereocenters. The summed E-state index contributed by atoms with van der Waals surface area (Å²) in [5.74, 6) is -1.82. The number of nitrogens with one attached hydrogen (secondary N) is 1. The van der Waals surface area contributed by atoms with Crippen LogP contribution in [0.4, 0.5) is 23.2 Å². The van der Waals surface area contributed by atoms with Crippen molar-refractivity contribution in [3.8, 4) is 0 Å². The molecule has 7 heteroatoms. The van der Waals surface area contributed by atoms with E-state index >= 15 is 0 Å². The Balaban J connectivity index is 2.95. The molecule has 0 aliphatic heterocycles. The maximum Gasteiger partial charge on any atom is 0.416 e. The minimum atomic E-state index is -4.61. The fourth-order valence-electron chi connectivity index (χ4n) is 1.53. The molecule has 1 aromatic carbocycles. The largest absolute Gasteiger partial charge is 0.416 e. The van der Waals surface area contributed by atoms with Gasteiger partial charge in [-0.25, -0.2) is 4.39 Å². The molecule has 1 amide bonds. The number of amides is 1. The topological polar surface area (TPSA) is 55.1 Å². The van der Waals surface area contributed by atoms with Gasteiger partial charge in [0.1, 0.15) is 5.82 Å². The van der Waals surface area contributed by atoms with Gasteiger partial charge in [0.05, 0.1) is 17.3 Å². The molecule has 0 bridgehead atoms. The highest BCUT2D eigenvalue weighted by Crippen LogP contribution is 2.31. The Hall–Kier alpha value is -1.63. The van der Waals surface area contributed by atoms with E-state index < -0.39 is 35.2 Å². The number of carbonyl (C=O) groups excluding carboxylic acids is 1. The second-order valence-electron chi connectivity index (χ2n) is 4.59. The van der Waals surface area contributed by atoms with Crippen LogP contribution < -0.4 is 11.1 Å². The van der Waals surface area contributed by atoms with Gasteiger partial charge in [-0.2, -0.15) is 13.2 Å². The van der Waals surface area contributed by atoms with Gasteiger partial charge in [-0.05, 0) is 24.1 Å². The molecule has 0 heterocycles. The van der Waals surface area contributed by atoms with E-state index in [4.69, 9.17) is 5.73 Å². The molecule has 0 radical (unpaired) electrons. The third-order valence-electron chi connectivity index (χ3n) is 3.11. The van der Waals surface area contributed by atoms with Gasteiger partial charge < -0.3 is 11.1 Å². The van der Waals surface area contributed by atoms with Crippen LogP contribution in [0.25, 0.3) is 0 Å². The number of carbonyl (C=O) groups is 1. The van der Waals surface area contributed by atoms with Gasteiger partial charge in [-0.3, -0.25) is 4.79 Å². The molecule has 0 spiro atoms. The van der Waals surface area contributed by atoms with E-state index in [-0.39, 0.29) is 5.92 Å². The molecule has 20 heavy (non-hydrogen) atoms. The lowest BCUT2D eigenvalue weighted by atomic mass is 9.99. The standard InChI is InChI=1S/C13H16F4N2O/c1-3-7(2)11(18)12(20)19-10-6-8(13(15,16)17)4-5-9(10)14/h4-7,11H,3,18H2,1-2H3,(H,19,20). The number of benzene rings is 1. The van der Waals surface area contributed by atoms with E-state index in [1.165, 1.54) is 0 Å². The summed E-state index contributed by atoms with van der Waals surface area (Å²) >= 11 is 0. The van der Waals surface area contributed by atoms with Crippen LogP contribution >= 0.6 is 0 Å². The van der Waals surface area contributed by atoms with Crippen molar-refractivity contribution in [1.29, 1.82) is 0 Å². The number of alkyl halides is 3. The number of nitrogens with two attached hydrogens (primary N) is 1. The Bertz CT molecular complexity index is 488. The smallest absolute Gasteiger partial charge is 0.322 e. The summed E-state index contributed by atoms with van der Waals surface area (Å²) in [6.45, 7) is 3.55. The molecular formula is C13H16F4N2O. The third-order valence-corrected chi connectivity index (χ3v) is 3.11. The summed E-state index contributed by atoms with van der Waals surface area (Å²) < 4.78 is 51.0. The van der Waals surface area contributed by atoms with Crippen molar-refractivity contribution in [2.75, 3.05) is 5.32 Å². The normalized spacial score (nSPS) is 14.8. The van der Waals surface area contributed by atoms with E-state index in [1.807, 2.05) is 6.92 Å². The van der Waals surface area contributed by atoms with E-state index in [0.29, 0.717) is 24.6 Å². The highest BCUT2D eigenvalue weighted by Gasteiger charge is 2.31. The molecular weight excluding hydrogens is 276 g/mol.